The lowest BCUT2D eigenvalue weighted by Gasteiger charge is -2.06. The van der Waals surface area contributed by atoms with Gasteiger partial charge in [-0.15, -0.1) is 0 Å². The quantitative estimate of drug-likeness (QED) is 0.649. The molecule has 0 radical (unpaired) electrons. The van der Waals surface area contributed by atoms with E-state index in [0.29, 0.717) is 27.3 Å². The van der Waals surface area contributed by atoms with Crippen LogP contribution in [0.3, 0.4) is 0 Å². The number of benzene rings is 2. The number of nitrogens with one attached hydrogen (secondary N) is 3. The first-order valence-corrected chi connectivity index (χ1v) is 7.18. The molecular weight excluding hydrogens is 358 g/mol. The van der Waals surface area contributed by atoms with Gasteiger partial charge in [-0.1, -0.05) is 11.6 Å². The second-order valence-electron chi connectivity index (χ2n) is 4.42. The van der Waals surface area contributed by atoms with E-state index in [9.17, 15) is 9.59 Å². The molecule has 1 aromatic heterocycles. The minimum atomic E-state index is -0.284. The Kier molecular flexibility index (Phi) is 3.57. The van der Waals surface area contributed by atoms with E-state index >= 15 is 0 Å². The molecule has 0 aliphatic rings. The highest BCUT2D eigenvalue weighted by Gasteiger charge is 2.09. The molecule has 0 saturated heterocycles. The van der Waals surface area contributed by atoms with Crippen LogP contribution < -0.4 is 11.0 Å². The molecule has 0 saturated carbocycles. The van der Waals surface area contributed by atoms with Crippen LogP contribution in [0.4, 0.5) is 5.69 Å². The van der Waals surface area contributed by atoms with Crippen molar-refractivity contribution in [2.24, 2.45) is 0 Å². The van der Waals surface area contributed by atoms with E-state index in [4.69, 9.17) is 11.6 Å². The van der Waals surface area contributed by atoms with Crippen molar-refractivity contribution < 1.29 is 4.79 Å². The fourth-order valence-corrected chi connectivity index (χ4v) is 2.38. The molecule has 5 nitrogen and oxygen atoms in total. The van der Waals surface area contributed by atoms with Crippen molar-refractivity contribution in [1.29, 1.82) is 0 Å². The molecule has 3 rings (SSSR count). The molecule has 0 spiro atoms. The van der Waals surface area contributed by atoms with Gasteiger partial charge in [-0.3, -0.25) is 4.79 Å². The van der Waals surface area contributed by atoms with Crippen LogP contribution in [-0.2, 0) is 0 Å². The third-order valence-electron chi connectivity index (χ3n) is 2.96. The van der Waals surface area contributed by atoms with Crippen LogP contribution in [0.1, 0.15) is 10.4 Å². The fraction of sp³-hybridized carbons (Fsp3) is 0. The summed E-state index contributed by atoms with van der Waals surface area (Å²) in [7, 11) is 0. The van der Waals surface area contributed by atoms with Crippen molar-refractivity contribution in [3.63, 3.8) is 0 Å². The Morgan fingerprint density at radius 2 is 1.86 bits per heavy atom. The van der Waals surface area contributed by atoms with Gasteiger partial charge in [0.25, 0.3) is 5.91 Å². The van der Waals surface area contributed by atoms with Crippen LogP contribution in [0.15, 0.2) is 45.7 Å². The third-order valence-corrected chi connectivity index (χ3v) is 4.19. The number of carbonyl (C=O) groups is 1. The molecule has 1 heterocycles. The Bertz CT molecular complexity index is 901. The maximum atomic E-state index is 12.2. The van der Waals surface area contributed by atoms with Crippen LogP contribution in [0.5, 0.6) is 0 Å². The Labute approximate surface area is 132 Å². The number of hydrogen-bond donors (Lipinski definition) is 3. The number of aromatic nitrogens is 2. The molecule has 2 aromatic carbocycles. The topological polar surface area (TPSA) is 77.8 Å². The summed E-state index contributed by atoms with van der Waals surface area (Å²) in [6.45, 7) is 0. The molecule has 0 aliphatic carbocycles. The highest BCUT2D eigenvalue weighted by molar-refractivity contribution is 9.10. The first-order valence-electron chi connectivity index (χ1n) is 6.01. The second kappa shape index (κ2) is 5.38. The van der Waals surface area contributed by atoms with E-state index < -0.39 is 0 Å². The largest absolute Gasteiger partial charge is 0.323 e. The summed E-state index contributed by atoms with van der Waals surface area (Å²) >= 11 is 9.24. The van der Waals surface area contributed by atoms with E-state index in [-0.39, 0.29) is 11.6 Å². The van der Waals surface area contributed by atoms with Crippen molar-refractivity contribution in [1.82, 2.24) is 9.97 Å². The van der Waals surface area contributed by atoms with Crippen molar-refractivity contribution in [2.75, 3.05) is 5.32 Å². The summed E-state index contributed by atoms with van der Waals surface area (Å²) in [5.41, 5.74) is 2.07. The molecule has 0 fully saturated rings. The van der Waals surface area contributed by atoms with E-state index in [1.807, 2.05) is 0 Å². The summed E-state index contributed by atoms with van der Waals surface area (Å²) in [6, 6.07) is 10.1. The highest BCUT2D eigenvalue weighted by Crippen LogP contribution is 2.24. The smallest absolute Gasteiger partial charge is 0.322 e. The van der Waals surface area contributed by atoms with Crippen molar-refractivity contribution in [3.05, 3.63) is 61.9 Å². The van der Waals surface area contributed by atoms with E-state index in [0.717, 1.165) is 4.47 Å². The zero-order chi connectivity index (χ0) is 15.0. The number of fused-ring (bicyclic) bond motifs is 1. The molecule has 0 aliphatic heterocycles. The number of H-pyrrole nitrogens is 2. The van der Waals surface area contributed by atoms with Gasteiger partial charge >= 0.3 is 5.69 Å². The van der Waals surface area contributed by atoms with Gasteiger partial charge < -0.3 is 15.3 Å². The first-order chi connectivity index (χ1) is 10.0. The zero-order valence-corrected chi connectivity index (χ0v) is 12.9. The molecule has 106 valence electrons. The lowest BCUT2D eigenvalue weighted by molar-refractivity contribution is 0.102. The summed E-state index contributed by atoms with van der Waals surface area (Å²) in [6.07, 6.45) is 0. The molecule has 0 unspecified atom stereocenters. The first kappa shape index (κ1) is 13.9. The number of rotatable bonds is 2. The third kappa shape index (κ3) is 2.86. The maximum Gasteiger partial charge on any atom is 0.323 e. The van der Waals surface area contributed by atoms with Crippen LogP contribution in [0.25, 0.3) is 11.0 Å². The summed E-state index contributed by atoms with van der Waals surface area (Å²) in [4.78, 5) is 28.6. The molecule has 7 heteroatoms. The second-order valence-corrected chi connectivity index (χ2v) is 5.68. The predicted octanol–water partition coefficient (Wildman–Crippen LogP) is 3.52. The number of hydrogen-bond acceptors (Lipinski definition) is 2. The number of imidazole rings is 1. The molecule has 0 atom stereocenters. The highest BCUT2D eigenvalue weighted by atomic mass is 79.9. The zero-order valence-electron chi connectivity index (χ0n) is 10.5. The Balaban J connectivity index is 1.88. The van der Waals surface area contributed by atoms with Gasteiger partial charge in [0.2, 0.25) is 0 Å². The summed E-state index contributed by atoms with van der Waals surface area (Å²) in [5, 5.41) is 3.22. The minimum Gasteiger partial charge on any atom is -0.322 e. The SMILES string of the molecule is O=C(Nc1ccc2[nH]c(=O)[nH]c2c1)c1ccc(Br)c(Cl)c1. The maximum absolute atomic E-state index is 12.2. The number of aromatic amines is 2. The Morgan fingerprint density at radius 3 is 2.62 bits per heavy atom. The molecule has 21 heavy (non-hydrogen) atoms. The predicted molar refractivity (Wildman–Crippen MR) is 86.0 cm³/mol. The molecular formula is C14H9BrClN3O2. The van der Waals surface area contributed by atoms with Gasteiger partial charge in [0.1, 0.15) is 0 Å². The lowest BCUT2D eigenvalue weighted by Crippen LogP contribution is -2.11. The van der Waals surface area contributed by atoms with Crippen LogP contribution in [-0.4, -0.2) is 15.9 Å². The van der Waals surface area contributed by atoms with Crippen LogP contribution in [0, 0.1) is 0 Å². The van der Waals surface area contributed by atoms with Crippen LogP contribution >= 0.6 is 27.5 Å². The molecule has 3 N–H and O–H groups in total. The average Bonchev–Trinajstić information content (AvgIpc) is 2.81. The van der Waals surface area contributed by atoms with E-state index in [2.05, 4.69) is 31.2 Å². The minimum absolute atomic E-state index is 0.276. The van der Waals surface area contributed by atoms with Crippen LogP contribution in [0.2, 0.25) is 5.02 Å². The van der Waals surface area contributed by atoms with Gasteiger partial charge in [0.05, 0.1) is 16.1 Å². The van der Waals surface area contributed by atoms with Gasteiger partial charge in [-0.2, -0.15) is 0 Å². The number of halogens is 2. The fourth-order valence-electron chi connectivity index (χ4n) is 1.95. The van der Waals surface area contributed by atoms with Crippen molar-refractivity contribution in [3.8, 4) is 0 Å². The standard InChI is InChI=1S/C14H9BrClN3O2/c15-9-3-1-7(5-10(9)16)13(20)17-8-2-4-11-12(6-8)19-14(21)18-11/h1-6H,(H,17,20)(H2,18,19,21). The number of carbonyl (C=O) groups excluding carboxylic acids is 1. The summed E-state index contributed by atoms with van der Waals surface area (Å²) < 4.78 is 0.729. The Morgan fingerprint density at radius 1 is 1.10 bits per heavy atom. The normalized spacial score (nSPS) is 10.8. The van der Waals surface area contributed by atoms with E-state index in [1.54, 1.807) is 36.4 Å². The van der Waals surface area contributed by atoms with Gasteiger partial charge in [0.15, 0.2) is 0 Å². The average molecular weight is 367 g/mol. The summed E-state index contributed by atoms with van der Waals surface area (Å²) in [5.74, 6) is -0.276. The van der Waals surface area contributed by atoms with Gasteiger partial charge in [-0.25, -0.2) is 4.79 Å². The van der Waals surface area contributed by atoms with Gasteiger partial charge in [0, 0.05) is 15.7 Å². The number of amides is 1. The molecule has 1 amide bonds. The molecule has 3 aromatic rings. The van der Waals surface area contributed by atoms with Crippen molar-refractivity contribution in [2.45, 2.75) is 0 Å². The lowest BCUT2D eigenvalue weighted by atomic mass is 10.2. The molecule has 0 bridgehead atoms. The van der Waals surface area contributed by atoms with Crippen molar-refractivity contribution >= 4 is 50.2 Å². The van der Waals surface area contributed by atoms with Gasteiger partial charge in [-0.05, 0) is 52.3 Å². The number of anilines is 1. The monoisotopic (exact) mass is 365 g/mol. The van der Waals surface area contributed by atoms with E-state index in [1.165, 1.54) is 0 Å². The Hall–Kier alpha value is -2.05.